The van der Waals surface area contributed by atoms with Crippen LogP contribution in [-0.4, -0.2) is 12.5 Å². The van der Waals surface area contributed by atoms with Crippen molar-refractivity contribution in [1.29, 1.82) is 0 Å². The van der Waals surface area contributed by atoms with Gasteiger partial charge in [-0.25, -0.2) is 0 Å². The minimum Gasteiger partial charge on any atom is -0.399 e. The highest BCUT2D eigenvalue weighted by Crippen LogP contribution is 2.28. The highest BCUT2D eigenvalue weighted by molar-refractivity contribution is 5.78. The molecule has 0 spiro atoms. The molecule has 1 aromatic carbocycles. The monoisotopic (exact) mass is 260 g/mol. The average molecular weight is 260 g/mol. The Kier molecular flexibility index (Phi) is 4.83. The van der Waals surface area contributed by atoms with E-state index in [9.17, 15) is 4.79 Å². The fourth-order valence-corrected chi connectivity index (χ4v) is 2.68. The van der Waals surface area contributed by atoms with Crippen molar-refractivity contribution in [1.82, 2.24) is 5.32 Å². The number of carbonyl (C=O) groups is 1. The molecule has 3 N–H and O–H groups in total. The SMILES string of the molecule is CC1CCC(C(=O)NCCc2ccc(N)cc2)CC1. The first kappa shape index (κ1) is 13.9. The third-order valence-corrected chi connectivity index (χ3v) is 4.08. The van der Waals surface area contributed by atoms with E-state index in [1.165, 1.54) is 18.4 Å². The molecule has 104 valence electrons. The summed E-state index contributed by atoms with van der Waals surface area (Å²) < 4.78 is 0. The molecule has 19 heavy (non-hydrogen) atoms. The summed E-state index contributed by atoms with van der Waals surface area (Å²) in [6.07, 6.45) is 5.35. The average Bonchev–Trinajstić information content (AvgIpc) is 2.41. The molecule has 3 heteroatoms. The molecule has 1 amide bonds. The zero-order valence-corrected chi connectivity index (χ0v) is 11.7. The van der Waals surface area contributed by atoms with E-state index in [4.69, 9.17) is 5.73 Å². The molecule has 1 aromatic rings. The molecule has 1 aliphatic carbocycles. The Morgan fingerprint density at radius 1 is 1.21 bits per heavy atom. The molecule has 0 aromatic heterocycles. The minimum absolute atomic E-state index is 0.238. The maximum absolute atomic E-state index is 12.0. The molecule has 1 fully saturated rings. The van der Waals surface area contributed by atoms with Crippen molar-refractivity contribution in [2.24, 2.45) is 11.8 Å². The molecule has 0 unspecified atom stereocenters. The number of carbonyl (C=O) groups excluding carboxylic acids is 1. The topological polar surface area (TPSA) is 55.1 Å². The first-order valence-corrected chi connectivity index (χ1v) is 7.27. The molecule has 3 nitrogen and oxygen atoms in total. The van der Waals surface area contributed by atoms with Gasteiger partial charge >= 0.3 is 0 Å². The molecule has 0 heterocycles. The fourth-order valence-electron chi connectivity index (χ4n) is 2.68. The lowest BCUT2D eigenvalue weighted by molar-refractivity contribution is -0.126. The number of nitrogens with two attached hydrogens (primary N) is 1. The summed E-state index contributed by atoms with van der Waals surface area (Å²) in [5.41, 5.74) is 7.64. The summed E-state index contributed by atoms with van der Waals surface area (Å²) in [5.74, 6) is 1.27. The normalized spacial score (nSPS) is 23.0. The quantitative estimate of drug-likeness (QED) is 0.818. The van der Waals surface area contributed by atoms with Crippen LogP contribution in [0, 0.1) is 11.8 Å². The van der Waals surface area contributed by atoms with Crippen molar-refractivity contribution in [2.75, 3.05) is 12.3 Å². The van der Waals surface area contributed by atoms with Crippen molar-refractivity contribution in [3.63, 3.8) is 0 Å². The van der Waals surface area contributed by atoms with Crippen LogP contribution in [0.15, 0.2) is 24.3 Å². The number of amides is 1. The van der Waals surface area contributed by atoms with Gasteiger partial charge in [-0.2, -0.15) is 0 Å². The Morgan fingerprint density at radius 3 is 2.47 bits per heavy atom. The highest BCUT2D eigenvalue weighted by atomic mass is 16.1. The van der Waals surface area contributed by atoms with Gasteiger partial charge in [-0.05, 0) is 55.7 Å². The molecule has 0 atom stereocenters. The number of benzene rings is 1. The van der Waals surface area contributed by atoms with Crippen LogP contribution in [-0.2, 0) is 11.2 Å². The third-order valence-electron chi connectivity index (χ3n) is 4.08. The van der Waals surface area contributed by atoms with Crippen LogP contribution < -0.4 is 11.1 Å². The maximum atomic E-state index is 12.0. The lowest BCUT2D eigenvalue weighted by atomic mass is 9.82. The Hall–Kier alpha value is -1.51. The summed E-state index contributed by atoms with van der Waals surface area (Å²) in [6, 6.07) is 7.84. The van der Waals surface area contributed by atoms with E-state index in [0.29, 0.717) is 0 Å². The zero-order chi connectivity index (χ0) is 13.7. The van der Waals surface area contributed by atoms with Gasteiger partial charge in [0.25, 0.3) is 0 Å². The number of rotatable bonds is 4. The standard InChI is InChI=1S/C16H24N2O/c1-12-2-6-14(7-3-12)16(19)18-11-10-13-4-8-15(17)9-5-13/h4-5,8-9,12,14H,2-3,6-7,10-11,17H2,1H3,(H,18,19). The largest absolute Gasteiger partial charge is 0.399 e. The van der Waals surface area contributed by atoms with Crippen LogP contribution in [0.5, 0.6) is 0 Å². The first-order valence-electron chi connectivity index (χ1n) is 7.27. The van der Waals surface area contributed by atoms with Gasteiger partial charge in [-0.1, -0.05) is 19.1 Å². The summed E-state index contributed by atoms with van der Waals surface area (Å²) in [6.45, 7) is 2.99. The predicted octanol–water partition coefficient (Wildman–Crippen LogP) is 2.75. The summed E-state index contributed by atoms with van der Waals surface area (Å²) >= 11 is 0. The second kappa shape index (κ2) is 6.60. The second-order valence-corrected chi connectivity index (χ2v) is 5.74. The Labute approximate surface area is 115 Å². The Bertz CT molecular complexity index is 405. The molecule has 1 aliphatic rings. The molecular formula is C16H24N2O. The van der Waals surface area contributed by atoms with Crippen LogP contribution in [0.3, 0.4) is 0 Å². The lowest BCUT2D eigenvalue weighted by Gasteiger charge is -2.25. The van der Waals surface area contributed by atoms with E-state index >= 15 is 0 Å². The van der Waals surface area contributed by atoms with Gasteiger partial charge in [0.2, 0.25) is 5.91 Å². The van der Waals surface area contributed by atoms with Gasteiger partial charge in [-0.3, -0.25) is 4.79 Å². The number of hydrogen-bond donors (Lipinski definition) is 2. The molecule has 0 bridgehead atoms. The smallest absolute Gasteiger partial charge is 0.223 e. The van der Waals surface area contributed by atoms with Crippen molar-refractivity contribution in [2.45, 2.75) is 39.0 Å². The maximum Gasteiger partial charge on any atom is 0.223 e. The molecule has 1 saturated carbocycles. The Balaban J connectivity index is 1.70. The Morgan fingerprint density at radius 2 is 1.84 bits per heavy atom. The number of anilines is 1. The fraction of sp³-hybridized carbons (Fsp3) is 0.562. The summed E-state index contributed by atoms with van der Waals surface area (Å²) in [4.78, 5) is 12.0. The van der Waals surface area contributed by atoms with Crippen LogP contribution in [0.1, 0.15) is 38.2 Å². The number of hydrogen-bond acceptors (Lipinski definition) is 2. The van der Waals surface area contributed by atoms with Crippen molar-refractivity contribution < 1.29 is 4.79 Å². The van der Waals surface area contributed by atoms with Crippen molar-refractivity contribution in [3.8, 4) is 0 Å². The van der Waals surface area contributed by atoms with Crippen LogP contribution in [0.25, 0.3) is 0 Å². The second-order valence-electron chi connectivity index (χ2n) is 5.74. The van der Waals surface area contributed by atoms with Gasteiger partial charge in [0.15, 0.2) is 0 Å². The molecule has 0 radical (unpaired) electrons. The van der Waals surface area contributed by atoms with E-state index in [1.54, 1.807) is 0 Å². The number of nitrogen functional groups attached to an aromatic ring is 1. The minimum atomic E-state index is 0.238. The van der Waals surface area contributed by atoms with Gasteiger partial charge in [0, 0.05) is 18.2 Å². The zero-order valence-electron chi connectivity index (χ0n) is 11.7. The predicted molar refractivity (Wildman–Crippen MR) is 78.7 cm³/mol. The van der Waals surface area contributed by atoms with Gasteiger partial charge in [0.1, 0.15) is 0 Å². The first-order chi connectivity index (χ1) is 9.15. The summed E-state index contributed by atoms with van der Waals surface area (Å²) in [5, 5.41) is 3.06. The molecular weight excluding hydrogens is 236 g/mol. The van der Waals surface area contributed by atoms with E-state index in [0.717, 1.165) is 37.4 Å². The highest BCUT2D eigenvalue weighted by Gasteiger charge is 2.23. The van der Waals surface area contributed by atoms with Gasteiger partial charge in [-0.15, -0.1) is 0 Å². The van der Waals surface area contributed by atoms with Crippen molar-refractivity contribution in [3.05, 3.63) is 29.8 Å². The van der Waals surface area contributed by atoms with Gasteiger partial charge < -0.3 is 11.1 Å². The molecule has 2 rings (SSSR count). The van der Waals surface area contributed by atoms with Crippen LogP contribution in [0.4, 0.5) is 5.69 Å². The van der Waals surface area contributed by atoms with E-state index in [-0.39, 0.29) is 11.8 Å². The van der Waals surface area contributed by atoms with Gasteiger partial charge in [0.05, 0.1) is 0 Å². The van der Waals surface area contributed by atoms with E-state index < -0.39 is 0 Å². The number of nitrogens with one attached hydrogen (secondary N) is 1. The molecule has 0 saturated heterocycles. The van der Waals surface area contributed by atoms with E-state index in [2.05, 4.69) is 12.2 Å². The molecule has 0 aliphatic heterocycles. The van der Waals surface area contributed by atoms with E-state index in [1.807, 2.05) is 24.3 Å². The van der Waals surface area contributed by atoms with Crippen LogP contribution >= 0.6 is 0 Å². The lowest BCUT2D eigenvalue weighted by Crippen LogP contribution is -2.34. The summed E-state index contributed by atoms with van der Waals surface area (Å²) in [7, 11) is 0. The third kappa shape index (κ3) is 4.27. The van der Waals surface area contributed by atoms with Crippen LogP contribution in [0.2, 0.25) is 0 Å². The van der Waals surface area contributed by atoms with Crippen molar-refractivity contribution >= 4 is 11.6 Å².